The van der Waals surface area contributed by atoms with Gasteiger partial charge in [-0.3, -0.25) is 4.79 Å². The number of carbonyl (C=O) groups is 2. The molecule has 116 valence electrons. The fraction of sp³-hybridized carbons (Fsp3) is 0.867. The van der Waals surface area contributed by atoms with Crippen LogP contribution in [0.3, 0.4) is 0 Å². The van der Waals surface area contributed by atoms with Crippen molar-refractivity contribution in [1.29, 1.82) is 0 Å². The fourth-order valence-corrected chi connectivity index (χ4v) is 3.10. The molecule has 0 aliphatic carbocycles. The van der Waals surface area contributed by atoms with Gasteiger partial charge in [-0.1, -0.05) is 27.2 Å². The number of hydrogen-bond donors (Lipinski definition) is 3. The van der Waals surface area contributed by atoms with E-state index in [0.717, 1.165) is 32.2 Å². The second-order valence-electron chi connectivity index (χ2n) is 5.86. The lowest BCUT2D eigenvalue weighted by Gasteiger charge is -2.39. The predicted molar refractivity (Wildman–Crippen MR) is 78.5 cm³/mol. The third-order valence-electron chi connectivity index (χ3n) is 4.65. The molecule has 5 nitrogen and oxygen atoms in total. The van der Waals surface area contributed by atoms with Crippen molar-refractivity contribution in [3.8, 4) is 0 Å². The first kappa shape index (κ1) is 17.0. The first-order valence-electron chi connectivity index (χ1n) is 7.73. The van der Waals surface area contributed by atoms with Crippen LogP contribution < -0.4 is 10.6 Å². The van der Waals surface area contributed by atoms with Gasteiger partial charge in [0, 0.05) is 6.54 Å². The van der Waals surface area contributed by atoms with E-state index in [1.165, 1.54) is 0 Å². The van der Waals surface area contributed by atoms with Crippen LogP contribution in [0.15, 0.2) is 0 Å². The molecule has 1 aliphatic rings. The van der Waals surface area contributed by atoms with Gasteiger partial charge in [-0.2, -0.15) is 0 Å². The van der Waals surface area contributed by atoms with Crippen LogP contribution >= 0.6 is 0 Å². The number of carbonyl (C=O) groups excluding carboxylic acids is 1. The van der Waals surface area contributed by atoms with Crippen LogP contribution in [0.2, 0.25) is 0 Å². The number of piperidine rings is 1. The average molecular weight is 284 g/mol. The third kappa shape index (κ3) is 3.32. The van der Waals surface area contributed by atoms with Crippen molar-refractivity contribution in [2.24, 2.45) is 5.41 Å². The number of carboxylic acids is 1. The molecule has 0 aromatic carbocycles. The lowest BCUT2D eigenvalue weighted by atomic mass is 9.75. The molecule has 20 heavy (non-hydrogen) atoms. The maximum absolute atomic E-state index is 12.7. The van der Waals surface area contributed by atoms with E-state index < -0.39 is 16.9 Å². The highest BCUT2D eigenvalue weighted by Gasteiger charge is 2.44. The van der Waals surface area contributed by atoms with Gasteiger partial charge in [0.15, 0.2) is 0 Å². The number of nitrogens with one attached hydrogen (secondary N) is 2. The maximum Gasteiger partial charge on any atom is 0.329 e. The van der Waals surface area contributed by atoms with Crippen molar-refractivity contribution in [1.82, 2.24) is 10.6 Å². The zero-order valence-corrected chi connectivity index (χ0v) is 12.9. The molecule has 1 saturated heterocycles. The summed E-state index contributed by atoms with van der Waals surface area (Å²) < 4.78 is 0. The number of rotatable bonds is 7. The summed E-state index contributed by atoms with van der Waals surface area (Å²) in [6.45, 7) is 7.26. The van der Waals surface area contributed by atoms with E-state index in [1.54, 1.807) is 0 Å². The molecular formula is C15H28N2O3. The molecule has 0 radical (unpaired) electrons. The van der Waals surface area contributed by atoms with Gasteiger partial charge >= 0.3 is 5.97 Å². The second-order valence-corrected chi connectivity index (χ2v) is 5.86. The molecule has 0 aromatic heterocycles. The van der Waals surface area contributed by atoms with E-state index >= 15 is 0 Å². The highest BCUT2D eigenvalue weighted by atomic mass is 16.4. The van der Waals surface area contributed by atoms with Crippen molar-refractivity contribution in [3.63, 3.8) is 0 Å². The number of carboxylic acid groups (broad SMARTS) is 1. The van der Waals surface area contributed by atoms with E-state index in [0.29, 0.717) is 19.4 Å². The number of amides is 1. The Morgan fingerprint density at radius 2 is 1.95 bits per heavy atom. The van der Waals surface area contributed by atoms with E-state index in [9.17, 15) is 14.7 Å². The molecule has 0 bridgehead atoms. The summed E-state index contributed by atoms with van der Waals surface area (Å²) in [6, 6.07) is 0. The summed E-state index contributed by atoms with van der Waals surface area (Å²) in [5.41, 5.74) is -1.58. The summed E-state index contributed by atoms with van der Waals surface area (Å²) in [4.78, 5) is 24.3. The average Bonchev–Trinajstić information content (AvgIpc) is 2.45. The minimum atomic E-state index is -1.13. The lowest BCUT2D eigenvalue weighted by Crippen LogP contribution is -2.60. The molecule has 0 saturated carbocycles. The van der Waals surface area contributed by atoms with Crippen LogP contribution in [-0.4, -0.2) is 35.6 Å². The molecule has 1 amide bonds. The van der Waals surface area contributed by atoms with Crippen molar-refractivity contribution in [2.45, 2.75) is 64.8 Å². The zero-order chi connectivity index (χ0) is 15.2. The van der Waals surface area contributed by atoms with Gasteiger partial charge in [-0.05, 0) is 38.6 Å². The van der Waals surface area contributed by atoms with E-state index in [4.69, 9.17) is 0 Å². The smallest absolute Gasteiger partial charge is 0.329 e. The molecule has 3 N–H and O–H groups in total. The van der Waals surface area contributed by atoms with Gasteiger partial charge < -0.3 is 15.7 Å². The second kappa shape index (κ2) is 7.07. The van der Waals surface area contributed by atoms with Gasteiger partial charge in [-0.25, -0.2) is 4.79 Å². The Morgan fingerprint density at radius 1 is 1.30 bits per heavy atom. The summed E-state index contributed by atoms with van der Waals surface area (Å²) in [7, 11) is 0. The molecule has 1 heterocycles. The SMILES string of the molecule is CCCC1(C(=O)NC(CC)(CC)C(=O)O)CCCNC1. The summed E-state index contributed by atoms with van der Waals surface area (Å²) in [5, 5.41) is 15.6. The van der Waals surface area contributed by atoms with Crippen molar-refractivity contribution < 1.29 is 14.7 Å². The van der Waals surface area contributed by atoms with Crippen molar-refractivity contribution in [2.75, 3.05) is 13.1 Å². The van der Waals surface area contributed by atoms with Gasteiger partial charge in [-0.15, -0.1) is 0 Å². The Kier molecular flexibility index (Phi) is 5.99. The lowest BCUT2D eigenvalue weighted by molar-refractivity contribution is -0.150. The van der Waals surface area contributed by atoms with Crippen LogP contribution in [0, 0.1) is 5.41 Å². The molecule has 0 aromatic rings. The minimum Gasteiger partial charge on any atom is -0.480 e. The van der Waals surface area contributed by atoms with Gasteiger partial charge in [0.1, 0.15) is 5.54 Å². The molecule has 1 rings (SSSR count). The molecule has 1 fully saturated rings. The summed E-state index contributed by atoms with van der Waals surface area (Å²) >= 11 is 0. The topological polar surface area (TPSA) is 78.4 Å². The van der Waals surface area contributed by atoms with Gasteiger partial charge in [0.05, 0.1) is 5.41 Å². The Balaban J connectivity index is 2.92. The molecule has 0 spiro atoms. The fourth-order valence-electron chi connectivity index (χ4n) is 3.10. The standard InChI is InChI=1S/C15H28N2O3/c1-4-8-14(9-7-10-16-11-14)12(18)17-15(5-2,6-3)13(19)20/h16H,4-11H2,1-3H3,(H,17,18)(H,19,20). The monoisotopic (exact) mass is 284 g/mol. The maximum atomic E-state index is 12.7. The highest BCUT2D eigenvalue weighted by Crippen LogP contribution is 2.33. The number of aliphatic carboxylic acids is 1. The molecule has 1 unspecified atom stereocenters. The van der Waals surface area contributed by atoms with Gasteiger partial charge in [0.25, 0.3) is 0 Å². The minimum absolute atomic E-state index is 0.0994. The normalized spacial score (nSPS) is 23.4. The largest absolute Gasteiger partial charge is 0.480 e. The summed E-state index contributed by atoms with van der Waals surface area (Å²) in [6.07, 6.45) is 4.33. The van der Waals surface area contributed by atoms with Crippen LogP contribution in [0.25, 0.3) is 0 Å². The van der Waals surface area contributed by atoms with Crippen LogP contribution in [0.1, 0.15) is 59.3 Å². The van der Waals surface area contributed by atoms with E-state index in [1.807, 2.05) is 13.8 Å². The third-order valence-corrected chi connectivity index (χ3v) is 4.65. The van der Waals surface area contributed by atoms with Crippen molar-refractivity contribution in [3.05, 3.63) is 0 Å². The quantitative estimate of drug-likeness (QED) is 0.667. The molecular weight excluding hydrogens is 256 g/mol. The van der Waals surface area contributed by atoms with Crippen LogP contribution in [-0.2, 0) is 9.59 Å². The van der Waals surface area contributed by atoms with Crippen LogP contribution in [0.5, 0.6) is 0 Å². The highest BCUT2D eigenvalue weighted by molar-refractivity contribution is 5.90. The van der Waals surface area contributed by atoms with E-state index in [-0.39, 0.29) is 5.91 Å². The number of hydrogen-bond acceptors (Lipinski definition) is 3. The van der Waals surface area contributed by atoms with Crippen molar-refractivity contribution >= 4 is 11.9 Å². The van der Waals surface area contributed by atoms with Crippen LogP contribution in [0.4, 0.5) is 0 Å². The molecule has 1 atom stereocenters. The molecule has 5 heteroatoms. The summed E-state index contributed by atoms with van der Waals surface area (Å²) in [5.74, 6) is -1.04. The molecule has 1 aliphatic heterocycles. The first-order valence-corrected chi connectivity index (χ1v) is 7.73. The predicted octanol–water partition coefficient (Wildman–Crippen LogP) is 1.92. The first-order chi connectivity index (χ1) is 9.46. The Bertz CT molecular complexity index is 340. The zero-order valence-electron chi connectivity index (χ0n) is 12.9. The Morgan fingerprint density at radius 3 is 2.35 bits per heavy atom. The van der Waals surface area contributed by atoms with E-state index in [2.05, 4.69) is 17.6 Å². The Hall–Kier alpha value is -1.10. The van der Waals surface area contributed by atoms with Gasteiger partial charge in [0.2, 0.25) is 5.91 Å². The Labute approximate surface area is 121 Å².